The van der Waals surface area contributed by atoms with Crippen molar-refractivity contribution in [3.05, 3.63) is 64.4 Å². The fraction of sp³-hybridized carbons (Fsp3) is 0.278. The van der Waals surface area contributed by atoms with E-state index in [1.807, 2.05) is 37.3 Å². The Hall–Kier alpha value is -2.41. The molecule has 0 spiro atoms. The quantitative estimate of drug-likeness (QED) is 0.750. The monoisotopic (exact) mass is 406 g/mol. The van der Waals surface area contributed by atoms with Crippen molar-refractivity contribution in [2.75, 3.05) is 6.54 Å². The summed E-state index contributed by atoms with van der Waals surface area (Å²) in [4.78, 5) is 29.6. The number of carbonyl (C=O) groups excluding carboxylic acids is 1. The van der Waals surface area contributed by atoms with Crippen LogP contribution in [0.3, 0.4) is 0 Å². The summed E-state index contributed by atoms with van der Waals surface area (Å²) >= 11 is 3.26. The topological polar surface area (TPSA) is 79.7 Å². The summed E-state index contributed by atoms with van der Waals surface area (Å²) in [5.41, 5.74) is 1.11. The highest BCUT2D eigenvalue weighted by Crippen LogP contribution is 2.22. The molecule has 0 bridgehead atoms. The number of carboxylic acids is 1. The van der Waals surface area contributed by atoms with Gasteiger partial charge in [-0.15, -0.1) is 0 Å². The van der Waals surface area contributed by atoms with Gasteiger partial charge in [0, 0.05) is 17.2 Å². The largest absolute Gasteiger partial charge is 0.479 e. The van der Waals surface area contributed by atoms with E-state index in [4.69, 9.17) is 4.74 Å². The normalized spacial score (nSPS) is 11.6. The first-order valence-corrected chi connectivity index (χ1v) is 8.63. The molecule has 0 radical (unpaired) electrons. The van der Waals surface area contributed by atoms with Gasteiger partial charge in [0.2, 0.25) is 0 Å². The molecule has 0 saturated carbocycles. The number of hydrogen-bond donors (Lipinski definition) is 1. The van der Waals surface area contributed by atoms with Gasteiger partial charge in [-0.05, 0) is 40.0 Å². The van der Waals surface area contributed by atoms with Crippen molar-refractivity contribution in [1.29, 1.82) is 0 Å². The second kappa shape index (κ2) is 9.17. The molecule has 1 aromatic carbocycles. The Labute approximate surface area is 154 Å². The zero-order valence-electron chi connectivity index (χ0n) is 13.8. The molecule has 0 aliphatic carbocycles. The number of benzene rings is 1. The Bertz CT molecular complexity index is 707. The molecule has 1 aromatic heterocycles. The van der Waals surface area contributed by atoms with Crippen molar-refractivity contribution in [1.82, 2.24) is 9.88 Å². The molecule has 1 amide bonds. The number of rotatable bonds is 7. The first kappa shape index (κ1) is 18.9. The molecule has 0 aliphatic heterocycles. The number of halogens is 1. The van der Waals surface area contributed by atoms with Crippen molar-refractivity contribution in [2.45, 2.75) is 26.0 Å². The number of nitrogens with zero attached hydrogens (tertiary/aromatic N) is 2. The lowest BCUT2D eigenvalue weighted by atomic mass is 10.1. The van der Waals surface area contributed by atoms with Crippen LogP contribution in [0.15, 0.2) is 53.1 Å². The van der Waals surface area contributed by atoms with Crippen molar-refractivity contribution in [3.63, 3.8) is 0 Å². The van der Waals surface area contributed by atoms with Gasteiger partial charge >= 0.3 is 12.1 Å². The number of hydrogen-bond acceptors (Lipinski definition) is 4. The van der Waals surface area contributed by atoms with Crippen LogP contribution in [-0.4, -0.2) is 33.6 Å². The zero-order valence-corrected chi connectivity index (χ0v) is 15.3. The second-order valence-corrected chi connectivity index (χ2v) is 6.29. The molecule has 25 heavy (non-hydrogen) atoms. The van der Waals surface area contributed by atoms with E-state index in [1.165, 1.54) is 11.1 Å². The third-order valence-electron chi connectivity index (χ3n) is 3.48. The number of carbonyl (C=O) groups is 2. The van der Waals surface area contributed by atoms with Gasteiger partial charge in [0.15, 0.2) is 6.04 Å². The molecule has 1 atom stereocenters. The Morgan fingerprint density at radius 3 is 2.52 bits per heavy atom. The Kier molecular flexibility index (Phi) is 6.94. The van der Waals surface area contributed by atoms with Crippen molar-refractivity contribution < 1.29 is 19.4 Å². The highest BCUT2D eigenvalue weighted by atomic mass is 79.9. The summed E-state index contributed by atoms with van der Waals surface area (Å²) < 4.78 is 6.04. The Morgan fingerprint density at radius 1 is 1.24 bits per heavy atom. The third-order valence-corrected chi connectivity index (χ3v) is 3.95. The van der Waals surface area contributed by atoms with Crippen LogP contribution in [0.1, 0.15) is 30.6 Å². The molecule has 0 aliphatic rings. The average molecular weight is 407 g/mol. The van der Waals surface area contributed by atoms with Crippen LogP contribution in [0, 0.1) is 0 Å². The van der Waals surface area contributed by atoms with Crippen LogP contribution < -0.4 is 0 Å². The van der Waals surface area contributed by atoms with E-state index >= 15 is 0 Å². The molecule has 0 fully saturated rings. The lowest BCUT2D eigenvalue weighted by Crippen LogP contribution is -2.40. The molecule has 1 N–H and O–H groups in total. The SMILES string of the molecule is CCCN(C(=O)OCc1ccccc1)C(C(=O)O)c1ccc(Br)cn1. The summed E-state index contributed by atoms with van der Waals surface area (Å²) in [5.74, 6) is -1.15. The van der Waals surface area contributed by atoms with Crippen LogP contribution in [0.25, 0.3) is 0 Å². The number of ether oxygens (including phenoxy) is 1. The highest BCUT2D eigenvalue weighted by Gasteiger charge is 2.32. The van der Waals surface area contributed by atoms with E-state index in [9.17, 15) is 14.7 Å². The van der Waals surface area contributed by atoms with E-state index in [0.29, 0.717) is 6.42 Å². The van der Waals surface area contributed by atoms with Crippen LogP contribution in [0.5, 0.6) is 0 Å². The van der Waals surface area contributed by atoms with Gasteiger partial charge in [0.05, 0.1) is 5.69 Å². The van der Waals surface area contributed by atoms with E-state index in [0.717, 1.165) is 10.0 Å². The second-order valence-electron chi connectivity index (χ2n) is 5.38. The fourth-order valence-corrected chi connectivity index (χ4v) is 2.57. The maximum absolute atomic E-state index is 12.5. The molecule has 2 aromatic rings. The van der Waals surface area contributed by atoms with Crippen molar-refractivity contribution >= 4 is 28.0 Å². The average Bonchev–Trinajstić information content (AvgIpc) is 2.61. The summed E-state index contributed by atoms with van der Waals surface area (Å²) in [7, 11) is 0. The first-order chi connectivity index (χ1) is 12.0. The maximum atomic E-state index is 12.5. The highest BCUT2D eigenvalue weighted by molar-refractivity contribution is 9.10. The number of aromatic nitrogens is 1. The number of carboxylic acid groups (broad SMARTS) is 1. The van der Waals surface area contributed by atoms with Gasteiger partial charge < -0.3 is 9.84 Å². The van der Waals surface area contributed by atoms with Gasteiger partial charge in [0.1, 0.15) is 6.61 Å². The third kappa shape index (κ3) is 5.29. The molecule has 2 rings (SSSR count). The van der Waals surface area contributed by atoms with E-state index in [1.54, 1.807) is 12.1 Å². The van der Waals surface area contributed by atoms with Crippen molar-refractivity contribution in [2.24, 2.45) is 0 Å². The number of pyridine rings is 1. The molecule has 1 unspecified atom stereocenters. The minimum atomic E-state index is -1.20. The van der Waals surface area contributed by atoms with Crippen molar-refractivity contribution in [3.8, 4) is 0 Å². The Morgan fingerprint density at radius 2 is 1.96 bits per heavy atom. The summed E-state index contributed by atoms with van der Waals surface area (Å²) in [6.07, 6.45) is 1.42. The standard InChI is InChI=1S/C18H19BrN2O4/c1-2-10-21(18(24)25-12-13-6-4-3-5-7-13)16(17(22)23)15-9-8-14(19)11-20-15/h3-9,11,16H,2,10,12H2,1H3,(H,22,23). The minimum Gasteiger partial charge on any atom is -0.479 e. The lowest BCUT2D eigenvalue weighted by Gasteiger charge is -2.27. The fourth-order valence-electron chi connectivity index (χ4n) is 2.34. The molecule has 6 nitrogen and oxygen atoms in total. The van der Waals surface area contributed by atoms with Gasteiger partial charge in [-0.25, -0.2) is 9.59 Å². The van der Waals surface area contributed by atoms with Crippen LogP contribution in [-0.2, 0) is 16.1 Å². The van der Waals surface area contributed by atoms with E-state index in [2.05, 4.69) is 20.9 Å². The number of aliphatic carboxylic acids is 1. The first-order valence-electron chi connectivity index (χ1n) is 7.84. The van der Waals surface area contributed by atoms with Gasteiger partial charge in [-0.2, -0.15) is 0 Å². The van der Waals surface area contributed by atoms with E-state index in [-0.39, 0.29) is 18.8 Å². The maximum Gasteiger partial charge on any atom is 0.411 e. The predicted molar refractivity (Wildman–Crippen MR) is 95.9 cm³/mol. The van der Waals surface area contributed by atoms with Crippen LogP contribution in [0.4, 0.5) is 4.79 Å². The Balaban J connectivity index is 2.18. The summed E-state index contributed by atoms with van der Waals surface area (Å²) in [6.45, 7) is 2.20. The zero-order chi connectivity index (χ0) is 18.2. The predicted octanol–water partition coefficient (Wildman–Crippen LogP) is 4.02. The van der Waals surface area contributed by atoms with Gasteiger partial charge in [-0.3, -0.25) is 9.88 Å². The minimum absolute atomic E-state index is 0.0833. The molecule has 7 heteroatoms. The van der Waals surface area contributed by atoms with Gasteiger partial charge in [-0.1, -0.05) is 37.3 Å². The van der Waals surface area contributed by atoms with Gasteiger partial charge in [0.25, 0.3) is 0 Å². The molecule has 132 valence electrons. The lowest BCUT2D eigenvalue weighted by molar-refractivity contribution is -0.143. The summed E-state index contributed by atoms with van der Waals surface area (Å²) in [6, 6.07) is 11.3. The molecular formula is C18H19BrN2O4. The van der Waals surface area contributed by atoms with Crippen LogP contribution >= 0.6 is 15.9 Å². The molecular weight excluding hydrogens is 388 g/mol. The van der Waals surface area contributed by atoms with E-state index < -0.39 is 18.1 Å². The smallest absolute Gasteiger partial charge is 0.411 e. The molecule has 1 heterocycles. The van der Waals surface area contributed by atoms with Crippen LogP contribution in [0.2, 0.25) is 0 Å². The summed E-state index contributed by atoms with van der Waals surface area (Å²) in [5, 5.41) is 9.63. The number of amides is 1. The molecule has 0 saturated heterocycles.